The van der Waals surface area contributed by atoms with Crippen molar-refractivity contribution < 1.29 is 0 Å². The number of hydrogen-bond donors (Lipinski definition) is 1. The van der Waals surface area contributed by atoms with E-state index in [2.05, 4.69) is 11.4 Å². The van der Waals surface area contributed by atoms with Gasteiger partial charge < -0.3 is 5.32 Å². The predicted molar refractivity (Wildman–Crippen MR) is 95.8 cm³/mol. The summed E-state index contributed by atoms with van der Waals surface area (Å²) in [5.41, 5.74) is 2.93. The summed E-state index contributed by atoms with van der Waals surface area (Å²) in [6.45, 7) is 0. The quantitative estimate of drug-likeness (QED) is 0.546. The smallest absolute Gasteiger partial charge is 0.142 e. The third kappa shape index (κ3) is 2.67. The van der Waals surface area contributed by atoms with Crippen molar-refractivity contribution in [3.8, 4) is 5.69 Å². The normalized spacial score (nSPS) is 10.8. The number of nitrogens with zero attached hydrogens (tertiary/aromatic N) is 2. The molecule has 1 heterocycles. The third-order valence-electron chi connectivity index (χ3n) is 3.69. The van der Waals surface area contributed by atoms with E-state index in [4.69, 9.17) is 16.7 Å². The zero-order valence-corrected chi connectivity index (χ0v) is 13.0. The van der Waals surface area contributed by atoms with Gasteiger partial charge in [-0.1, -0.05) is 41.9 Å². The number of halogens is 1. The van der Waals surface area contributed by atoms with Crippen LogP contribution in [0, 0.1) is 0 Å². The molecule has 0 fully saturated rings. The van der Waals surface area contributed by atoms with Crippen molar-refractivity contribution in [2.24, 2.45) is 0 Å². The van der Waals surface area contributed by atoms with E-state index in [1.165, 1.54) is 0 Å². The molecule has 0 aliphatic heterocycles. The fraction of sp³-hybridized carbons (Fsp3) is 0. The Hall–Kier alpha value is -2.78. The maximum atomic E-state index is 6.00. The van der Waals surface area contributed by atoms with Crippen LogP contribution in [0.4, 0.5) is 11.5 Å². The summed E-state index contributed by atoms with van der Waals surface area (Å²) in [6.07, 6.45) is 0. The Bertz CT molecular complexity index is 943. The van der Waals surface area contributed by atoms with Crippen LogP contribution in [-0.2, 0) is 0 Å². The molecule has 0 amide bonds. The van der Waals surface area contributed by atoms with Crippen LogP contribution in [0.25, 0.3) is 16.6 Å². The molecule has 0 saturated heterocycles. The number of aromatic nitrogens is 2. The van der Waals surface area contributed by atoms with E-state index in [0.717, 1.165) is 28.1 Å². The van der Waals surface area contributed by atoms with Crippen molar-refractivity contribution >= 4 is 34.0 Å². The van der Waals surface area contributed by atoms with Crippen molar-refractivity contribution in [3.63, 3.8) is 0 Å². The van der Waals surface area contributed by atoms with E-state index in [-0.39, 0.29) is 0 Å². The Kier molecular flexibility index (Phi) is 3.48. The van der Waals surface area contributed by atoms with Crippen molar-refractivity contribution in [2.75, 3.05) is 5.32 Å². The van der Waals surface area contributed by atoms with Gasteiger partial charge in [0.1, 0.15) is 5.82 Å². The summed E-state index contributed by atoms with van der Waals surface area (Å²) in [5.74, 6) is 0.939. The Labute approximate surface area is 139 Å². The van der Waals surface area contributed by atoms with Gasteiger partial charge in [-0.3, -0.25) is 0 Å². The highest BCUT2D eigenvalue weighted by molar-refractivity contribution is 6.30. The molecule has 1 aromatic heterocycles. The molecule has 112 valence electrons. The molecule has 3 nitrogen and oxygen atoms in total. The highest BCUT2D eigenvalue weighted by Crippen LogP contribution is 2.29. The first kappa shape index (κ1) is 13.9. The molecule has 4 rings (SSSR count). The van der Waals surface area contributed by atoms with Crippen molar-refractivity contribution in [1.29, 1.82) is 0 Å². The van der Waals surface area contributed by atoms with Crippen molar-refractivity contribution in [3.05, 3.63) is 83.9 Å². The van der Waals surface area contributed by atoms with Gasteiger partial charge >= 0.3 is 0 Å². The molecule has 0 aliphatic carbocycles. The molecule has 1 N–H and O–H groups in total. The van der Waals surface area contributed by atoms with E-state index < -0.39 is 0 Å². The first-order valence-electron chi connectivity index (χ1n) is 7.37. The van der Waals surface area contributed by atoms with Crippen LogP contribution >= 0.6 is 11.6 Å². The molecule has 3 aromatic carbocycles. The number of para-hydroxylation sites is 1. The third-order valence-corrected chi connectivity index (χ3v) is 3.94. The van der Waals surface area contributed by atoms with Gasteiger partial charge in [-0.15, -0.1) is 0 Å². The zero-order valence-electron chi connectivity index (χ0n) is 12.3. The standard InChI is InChI=1S/C19H14ClN3/c20-14-10-12-16(13-11-14)23-19(21-15-6-2-1-3-7-15)17-8-4-5-9-18(17)22-23/h1-13,21H. The van der Waals surface area contributed by atoms with Gasteiger partial charge in [0.15, 0.2) is 0 Å². The molecule has 23 heavy (non-hydrogen) atoms. The van der Waals surface area contributed by atoms with E-state index in [9.17, 15) is 0 Å². The lowest BCUT2D eigenvalue weighted by atomic mass is 10.2. The topological polar surface area (TPSA) is 29.9 Å². The maximum absolute atomic E-state index is 6.00. The van der Waals surface area contributed by atoms with Gasteiger partial charge in [0, 0.05) is 16.1 Å². The van der Waals surface area contributed by atoms with Gasteiger partial charge in [-0.2, -0.15) is 5.10 Å². The van der Waals surface area contributed by atoms with Gasteiger partial charge in [-0.05, 0) is 48.5 Å². The highest BCUT2D eigenvalue weighted by Gasteiger charge is 2.12. The average Bonchev–Trinajstić information content (AvgIpc) is 2.95. The van der Waals surface area contributed by atoms with Crippen LogP contribution < -0.4 is 5.32 Å². The second-order valence-electron chi connectivity index (χ2n) is 5.25. The first-order valence-corrected chi connectivity index (χ1v) is 7.75. The molecule has 0 bridgehead atoms. The van der Waals surface area contributed by atoms with Crippen LogP contribution in [0.1, 0.15) is 0 Å². The average molecular weight is 320 g/mol. The van der Waals surface area contributed by atoms with Gasteiger partial charge in [0.05, 0.1) is 11.2 Å². The lowest BCUT2D eigenvalue weighted by Crippen LogP contribution is -2.02. The second-order valence-corrected chi connectivity index (χ2v) is 5.68. The molecule has 0 unspecified atom stereocenters. The molecular formula is C19H14ClN3. The number of rotatable bonds is 3. The number of nitrogens with one attached hydrogen (secondary N) is 1. The number of hydrogen-bond acceptors (Lipinski definition) is 2. The van der Waals surface area contributed by atoms with Crippen LogP contribution in [0.5, 0.6) is 0 Å². The number of fused-ring (bicyclic) bond motifs is 1. The minimum atomic E-state index is 0.711. The predicted octanol–water partition coefficient (Wildman–Crippen LogP) is 5.42. The van der Waals surface area contributed by atoms with Crippen LogP contribution in [0.15, 0.2) is 78.9 Å². The van der Waals surface area contributed by atoms with Crippen LogP contribution in [0.3, 0.4) is 0 Å². The molecule has 0 spiro atoms. The van der Waals surface area contributed by atoms with E-state index in [1.54, 1.807) is 0 Å². The Morgan fingerprint density at radius 2 is 1.48 bits per heavy atom. The number of benzene rings is 3. The zero-order chi connectivity index (χ0) is 15.6. The monoisotopic (exact) mass is 319 g/mol. The van der Waals surface area contributed by atoms with Gasteiger partial charge in [0.2, 0.25) is 0 Å². The Morgan fingerprint density at radius 3 is 2.26 bits per heavy atom. The fourth-order valence-corrected chi connectivity index (χ4v) is 2.71. The van der Waals surface area contributed by atoms with Gasteiger partial charge in [0.25, 0.3) is 0 Å². The minimum Gasteiger partial charge on any atom is -0.340 e. The Morgan fingerprint density at radius 1 is 0.783 bits per heavy atom. The fourth-order valence-electron chi connectivity index (χ4n) is 2.58. The minimum absolute atomic E-state index is 0.711. The molecule has 0 saturated carbocycles. The Balaban J connectivity index is 1.89. The van der Waals surface area contributed by atoms with E-state index in [1.807, 2.05) is 77.5 Å². The summed E-state index contributed by atoms with van der Waals surface area (Å²) in [6, 6.07) is 25.8. The molecule has 4 aromatic rings. The lowest BCUT2D eigenvalue weighted by molar-refractivity contribution is 0.904. The summed E-state index contributed by atoms with van der Waals surface area (Å²) in [4.78, 5) is 0. The second kappa shape index (κ2) is 5.78. The summed E-state index contributed by atoms with van der Waals surface area (Å²) in [7, 11) is 0. The SMILES string of the molecule is Clc1ccc(-n2nc3ccccc3c2Nc2ccccc2)cc1. The highest BCUT2D eigenvalue weighted by atomic mass is 35.5. The molecule has 0 atom stereocenters. The molecule has 4 heteroatoms. The van der Waals surface area contributed by atoms with Gasteiger partial charge in [-0.25, -0.2) is 4.68 Å². The first-order chi connectivity index (χ1) is 11.3. The van der Waals surface area contributed by atoms with Crippen molar-refractivity contribution in [1.82, 2.24) is 9.78 Å². The molecule has 0 radical (unpaired) electrons. The van der Waals surface area contributed by atoms with E-state index in [0.29, 0.717) is 5.02 Å². The number of anilines is 2. The maximum Gasteiger partial charge on any atom is 0.142 e. The molecular weight excluding hydrogens is 306 g/mol. The largest absolute Gasteiger partial charge is 0.340 e. The van der Waals surface area contributed by atoms with Crippen LogP contribution in [0.2, 0.25) is 5.02 Å². The summed E-state index contributed by atoms with van der Waals surface area (Å²) >= 11 is 6.00. The summed E-state index contributed by atoms with van der Waals surface area (Å²) < 4.78 is 1.91. The van der Waals surface area contributed by atoms with E-state index >= 15 is 0 Å². The molecule has 0 aliphatic rings. The van der Waals surface area contributed by atoms with Crippen molar-refractivity contribution in [2.45, 2.75) is 0 Å². The summed E-state index contributed by atoms with van der Waals surface area (Å²) in [5, 5.41) is 9.98. The van der Waals surface area contributed by atoms with Crippen LogP contribution in [-0.4, -0.2) is 9.78 Å². The lowest BCUT2D eigenvalue weighted by Gasteiger charge is -2.10.